The monoisotopic (exact) mass is 673 g/mol. The summed E-state index contributed by atoms with van der Waals surface area (Å²) in [4.78, 5) is 14.8. The Bertz CT molecular complexity index is 1260. The number of nitrogens with zero attached hydrogens (tertiary/aromatic N) is 5. The number of nitro groups is 1. The Morgan fingerprint density at radius 3 is 1.56 bits per heavy atom. The van der Waals surface area contributed by atoms with E-state index in [0.717, 1.165) is 79.8 Å². The topological polar surface area (TPSA) is 183 Å². The normalized spacial score (nSPS) is 16.8. The van der Waals surface area contributed by atoms with Crippen LogP contribution >= 0.6 is 24.8 Å². The minimum atomic E-state index is -4.41. The molecule has 0 aliphatic carbocycles. The van der Waals surface area contributed by atoms with Crippen molar-refractivity contribution >= 4 is 58.0 Å². The van der Waals surface area contributed by atoms with Gasteiger partial charge in [-0.3, -0.25) is 14.3 Å². The summed E-state index contributed by atoms with van der Waals surface area (Å²) in [7, 11) is 5.17. The second-order valence-electron chi connectivity index (χ2n) is 11.0. The van der Waals surface area contributed by atoms with Crippen LogP contribution < -0.4 is 15.5 Å². The van der Waals surface area contributed by atoms with Crippen molar-refractivity contribution in [2.24, 2.45) is 0 Å². The maximum Gasteiger partial charge on any atom is 0.292 e. The molecule has 2 aromatic carbocycles. The number of nitro benzene ring substituents is 1. The largest absolute Gasteiger partial charge is 0.726 e. The maximum absolute atomic E-state index is 11.0. The van der Waals surface area contributed by atoms with Gasteiger partial charge in [0.15, 0.2) is 0 Å². The number of anilines is 3. The van der Waals surface area contributed by atoms with Gasteiger partial charge in [-0.05, 0) is 18.2 Å². The predicted octanol–water partition coefficient (Wildman–Crippen LogP) is 2.64. The summed E-state index contributed by atoms with van der Waals surface area (Å²) in [6.07, 6.45) is 0. The van der Waals surface area contributed by atoms with Crippen LogP contribution in [0.1, 0.15) is 7.43 Å². The highest BCUT2D eigenvalue weighted by atomic mass is 35.5. The number of benzene rings is 2. The number of nitrogen functional groups attached to an aromatic ring is 1. The van der Waals surface area contributed by atoms with E-state index in [4.69, 9.17) is 5.73 Å². The summed E-state index contributed by atoms with van der Waals surface area (Å²) in [5.41, 5.74) is 8.20. The van der Waals surface area contributed by atoms with E-state index < -0.39 is 15.3 Å². The molecule has 2 fully saturated rings. The molecule has 2 heterocycles. The van der Waals surface area contributed by atoms with Gasteiger partial charge < -0.3 is 39.3 Å². The molecule has 4 rings (SSSR count). The molecule has 0 radical (unpaired) electrons. The fourth-order valence-corrected chi connectivity index (χ4v) is 4.22. The first-order valence-electron chi connectivity index (χ1n) is 12.6. The maximum atomic E-state index is 11.0. The van der Waals surface area contributed by atoms with Gasteiger partial charge in [0.2, 0.25) is 10.4 Å². The first-order valence-corrected chi connectivity index (χ1v) is 14.0. The molecule has 248 valence electrons. The number of halogens is 2. The number of quaternary nitrogens is 2. The van der Waals surface area contributed by atoms with E-state index in [-0.39, 0.29) is 49.4 Å². The Balaban J connectivity index is 0. The quantitative estimate of drug-likeness (QED) is 0.0825. The summed E-state index contributed by atoms with van der Waals surface area (Å²) in [5.74, 6) is 0.346. The van der Waals surface area contributed by atoms with Crippen LogP contribution in [0.25, 0.3) is 0 Å². The van der Waals surface area contributed by atoms with Gasteiger partial charge in [0.1, 0.15) is 17.2 Å². The third-order valence-corrected chi connectivity index (χ3v) is 7.36. The van der Waals surface area contributed by atoms with Crippen molar-refractivity contribution in [3.63, 3.8) is 0 Å². The lowest BCUT2D eigenvalue weighted by atomic mass is 10.2. The van der Waals surface area contributed by atoms with Crippen molar-refractivity contribution in [1.29, 1.82) is 0 Å². The van der Waals surface area contributed by atoms with E-state index in [2.05, 4.69) is 37.3 Å². The van der Waals surface area contributed by atoms with Gasteiger partial charge in [0.25, 0.3) is 5.69 Å². The zero-order valence-corrected chi connectivity index (χ0v) is 27.0. The molecule has 4 N–H and O–H groups in total. The molecule has 0 atom stereocenters. The van der Waals surface area contributed by atoms with Crippen LogP contribution in [0.2, 0.25) is 0 Å². The van der Waals surface area contributed by atoms with Gasteiger partial charge in [-0.25, -0.2) is 8.42 Å². The van der Waals surface area contributed by atoms with Gasteiger partial charge in [-0.2, -0.15) is 0 Å². The highest BCUT2D eigenvalue weighted by molar-refractivity contribution is 7.80. The van der Waals surface area contributed by atoms with Gasteiger partial charge >= 0.3 is 0 Å². The number of hydrogen-bond donors (Lipinski definition) is 3. The lowest BCUT2D eigenvalue weighted by Crippen LogP contribution is -2.55. The molecular formula is C26H47Cl2N6O8S+. The van der Waals surface area contributed by atoms with E-state index in [9.17, 15) is 33.3 Å². The number of phenols is 2. The smallest absolute Gasteiger partial charge is 0.292 e. The van der Waals surface area contributed by atoms with Crippen molar-refractivity contribution in [3.05, 3.63) is 46.5 Å². The number of piperazine rings is 2. The summed E-state index contributed by atoms with van der Waals surface area (Å²) in [6, 6.07) is 9.33. The molecule has 0 amide bonds. The minimum Gasteiger partial charge on any atom is -0.726 e. The van der Waals surface area contributed by atoms with Crippen LogP contribution in [0, 0.1) is 10.1 Å². The zero-order chi connectivity index (χ0) is 30.3. The molecule has 0 spiro atoms. The van der Waals surface area contributed by atoms with E-state index >= 15 is 0 Å². The first-order chi connectivity index (χ1) is 18.4. The van der Waals surface area contributed by atoms with Gasteiger partial charge in [0.05, 0.1) is 104 Å². The molecule has 0 bridgehead atoms. The van der Waals surface area contributed by atoms with Crippen molar-refractivity contribution < 1.29 is 41.3 Å². The van der Waals surface area contributed by atoms with Crippen molar-refractivity contribution in [2.75, 3.05) is 103 Å². The number of aromatic hydroxyl groups is 2. The van der Waals surface area contributed by atoms with Crippen LogP contribution in [-0.2, 0) is 14.6 Å². The molecule has 43 heavy (non-hydrogen) atoms. The van der Waals surface area contributed by atoms with Crippen LogP contribution in [0.4, 0.5) is 22.7 Å². The lowest BCUT2D eigenvalue weighted by molar-refractivity contribution is -0.890. The molecule has 2 saturated heterocycles. The Kier molecular flexibility index (Phi) is 17.2. The Hall–Kier alpha value is -2.79. The molecule has 2 aromatic rings. The molecule has 2 aliphatic rings. The number of rotatable bonds is 4. The second-order valence-corrected chi connectivity index (χ2v) is 12.1. The summed E-state index contributed by atoms with van der Waals surface area (Å²) in [6.45, 7) is 7.58. The number of nitrogens with two attached hydrogens (primary N) is 1. The Morgan fingerprint density at radius 2 is 1.19 bits per heavy atom. The van der Waals surface area contributed by atoms with Crippen molar-refractivity contribution in [3.8, 4) is 11.5 Å². The third-order valence-electron chi connectivity index (χ3n) is 6.96. The lowest BCUT2D eigenvalue weighted by Gasteiger charge is -2.40. The van der Waals surface area contributed by atoms with Crippen molar-refractivity contribution in [1.82, 2.24) is 0 Å². The fourth-order valence-electron chi connectivity index (χ4n) is 4.22. The number of hydrogen-bond acceptors (Lipinski definition) is 11. The minimum absolute atomic E-state index is 0. The van der Waals surface area contributed by atoms with Crippen LogP contribution in [0.15, 0.2) is 36.4 Å². The van der Waals surface area contributed by atoms with Crippen LogP contribution in [0.5, 0.6) is 11.5 Å². The van der Waals surface area contributed by atoms with E-state index in [1.54, 1.807) is 18.2 Å². The average molecular weight is 675 g/mol. The molecular weight excluding hydrogens is 627 g/mol. The highest BCUT2D eigenvalue weighted by Crippen LogP contribution is 2.32. The molecule has 2 aliphatic heterocycles. The van der Waals surface area contributed by atoms with Gasteiger partial charge in [0, 0.05) is 18.2 Å². The van der Waals surface area contributed by atoms with Crippen LogP contribution in [0.3, 0.4) is 0 Å². The SMILES string of the molecule is C.COS(=O)(=O)[O-].C[N+]1(C)CCN(c2cc(O)ccc2N)CC1.C[N+]1(C)CCN(c2cc(O)ccc2[N+](=O)[O-])CC1.Cl.Cl. The first kappa shape index (κ1) is 42.3. The summed E-state index contributed by atoms with van der Waals surface area (Å²) < 4.78 is 33.0. The van der Waals surface area contributed by atoms with E-state index in [1.165, 1.54) is 18.2 Å². The summed E-state index contributed by atoms with van der Waals surface area (Å²) >= 11 is 0. The second kappa shape index (κ2) is 17.5. The standard InChI is InChI=1S/C12H17N3O3.C12H19N3O.CH4O4S.CH4.2ClH/c1-15(2)7-5-13(6-8-15)12-9-10(16)3-4-11(12)14(17)18;1-15(2)7-5-14(6-8-15)12-9-10(16)3-4-11(12)13;1-5-6(2,3)4;;;/h3-4,9H,5-8H2,1-2H3;3-4,9H,5-8,13H2,1-2H3;1H3,(H,2,3,4);1H4;2*1H/p+1. The van der Waals surface area contributed by atoms with Gasteiger partial charge in [-0.1, -0.05) is 7.43 Å². The third kappa shape index (κ3) is 14.0. The average Bonchev–Trinajstić information content (AvgIpc) is 2.86. The summed E-state index contributed by atoms with van der Waals surface area (Å²) in [5, 5.41) is 30.0. The van der Waals surface area contributed by atoms with Crippen LogP contribution in [-0.4, -0.2) is 125 Å². The molecule has 14 nitrogen and oxygen atoms in total. The fraction of sp³-hybridized carbons (Fsp3) is 0.538. The molecule has 0 aromatic heterocycles. The van der Waals surface area contributed by atoms with E-state index in [1.807, 2.05) is 4.90 Å². The number of likely N-dealkylation sites (N-methyl/N-ethyl adjacent to an activating group) is 2. The Morgan fingerprint density at radius 1 is 0.837 bits per heavy atom. The Labute approximate surface area is 267 Å². The van der Waals surface area contributed by atoms with Crippen molar-refractivity contribution in [2.45, 2.75) is 7.43 Å². The predicted molar refractivity (Wildman–Crippen MR) is 173 cm³/mol. The zero-order valence-electron chi connectivity index (χ0n) is 24.5. The molecule has 0 unspecified atom stereocenters. The number of phenolic OH excluding ortho intramolecular Hbond substituents is 2. The highest BCUT2D eigenvalue weighted by Gasteiger charge is 2.29. The molecule has 17 heteroatoms. The van der Waals surface area contributed by atoms with E-state index in [0.29, 0.717) is 5.69 Å². The van der Waals surface area contributed by atoms with Gasteiger partial charge in [-0.15, -0.1) is 24.8 Å². The molecule has 0 saturated carbocycles.